The summed E-state index contributed by atoms with van der Waals surface area (Å²) in [4.78, 5) is 30.0. The van der Waals surface area contributed by atoms with Crippen LogP contribution in [-0.4, -0.2) is 74.6 Å². The highest BCUT2D eigenvalue weighted by molar-refractivity contribution is 7.99. The first-order valence-electron chi connectivity index (χ1n) is 12.7. The molecule has 2 aliphatic rings. The molecular formula is C28H27N5O5S. The van der Waals surface area contributed by atoms with Gasteiger partial charge in [0.25, 0.3) is 5.91 Å². The van der Waals surface area contributed by atoms with Gasteiger partial charge in [-0.1, -0.05) is 23.9 Å². The van der Waals surface area contributed by atoms with E-state index < -0.39 is 0 Å². The number of hydrogen-bond acceptors (Lipinski definition) is 8. The van der Waals surface area contributed by atoms with Gasteiger partial charge >= 0.3 is 0 Å². The summed E-state index contributed by atoms with van der Waals surface area (Å²) in [5, 5.41) is 9.34. The number of furan rings is 1. The highest BCUT2D eigenvalue weighted by Crippen LogP contribution is 2.33. The molecule has 0 aliphatic carbocycles. The first kappa shape index (κ1) is 25.1. The first-order chi connectivity index (χ1) is 19.0. The molecule has 39 heavy (non-hydrogen) atoms. The largest absolute Gasteiger partial charge is 0.461 e. The summed E-state index contributed by atoms with van der Waals surface area (Å²) < 4.78 is 18.3. The smallest absolute Gasteiger partial charge is 0.254 e. The highest BCUT2D eigenvalue weighted by Gasteiger charge is 2.31. The topological polar surface area (TPSA) is 103 Å². The van der Waals surface area contributed by atoms with Gasteiger partial charge in [-0.25, -0.2) is 0 Å². The van der Waals surface area contributed by atoms with Crippen LogP contribution in [0.2, 0.25) is 0 Å². The van der Waals surface area contributed by atoms with Crippen LogP contribution in [0, 0.1) is 6.92 Å². The molecule has 2 amide bonds. The Bertz CT molecular complexity index is 1520. The van der Waals surface area contributed by atoms with Crippen LogP contribution >= 0.6 is 11.8 Å². The summed E-state index contributed by atoms with van der Waals surface area (Å²) in [5.74, 6) is 2.49. The lowest BCUT2D eigenvalue weighted by atomic mass is 10.1. The molecule has 4 heterocycles. The van der Waals surface area contributed by atoms with E-state index in [0.29, 0.717) is 53.4 Å². The van der Waals surface area contributed by atoms with Crippen molar-refractivity contribution in [1.82, 2.24) is 24.6 Å². The normalized spacial score (nSPS) is 16.5. The Hall–Kier alpha value is -4.25. The molecule has 0 radical (unpaired) electrons. The van der Waals surface area contributed by atoms with Crippen molar-refractivity contribution in [2.24, 2.45) is 0 Å². The zero-order valence-corrected chi connectivity index (χ0v) is 22.4. The van der Waals surface area contributed by atoms with Gasteiger partial charge < -0.3 is 23.7 Å². The second kappa shape index (κ2) is 10.5. The minimum absolute atomic E-state index is 0.0135. The average Bonchev–Trinajstić information content (AvgIpc) is 3.71. The Labute approximate surface area is 229 Å². The fourth-order valence-electron chi connectivity index (χ4n) is 4.83. The maximum absolute atomic E-state index is 13.2. The molecule has 200 valence electrons. The van der Waals surface area contributed by atoms with E-state index in [0.717, 1.165) is 11.3 Å². The Morgan fingerprint density at radius 3 is 2.69 bits per heavy atom. The van der Waals surface area contributed by atoms with Crippen molar-refractivity contribution >= 4 is 23.6 Å². The molecule has 0 spiro atoms. The van der Waals surface area contributed by atoms with Gasteiger partial charge in [0.2, 0.25) is 18.5 Å². The zero-order chi connectivity index (χ0) is 26.9. The summed E-state index contributed by atoms with van der Waals surface area (Å²) in [6.45, 7) is 5.51. The number of amides is 2. The molecule has 1 saturated heterocycles. The Kier molecular flexibility index (Phi) is 6.74. The van der Waals surface area contributed by atoms with E-state index in [2.05, 4.69) is 10.2 Å². The average molecular weight is 546 g/mol. The van der Waals surface area contributed by atoms with Crippen molar-refractivity contribution < 1.29 is 23.5 Å². The number of rotatable bonds is 6. The van der Waals surface area contributed by atoms with Crippen molar-refractivity contribution in [2.75, 3.05) is 32.2 Å². The molecule has 2 aromatic heterocycles. The molecule has 2 aromatic carbocycles. The third kappa shape index (κ3) is 4.97. The maximum atomic E-state index is 13.2. The first-order valence-corrected chi connectivity index (χ1v) is 13.6. The monoisotopic (exact) mass is 545 g/mol. The molecule has 1 unspecified atom stereocenters. The molecule has 0 bridgehead atoms. The van der Waals surface area contributed by atoms with Gasteiger partial charge in [0.1, 0.15) is 0 Å². The van der Waals surface area contributed by atoms with Gasteiger partial charge in [0.05, 0.1) is 17.7 Å². The maximum Gasteiger partial charge on any atom is 0.254 e. The molecule has 0 N–H and O–H groups in total. The van der Waals surface area contributed by atoms with E-state index in [9.17, 15) is 9.59 Å². The number of carbonyl (C=O) groups is 2. The summed E-state index contributed by atoms with van der Waals surface area (Å²) in [6.07, 6.45) is 1.60. The van der Waals surface area contributed by atoms with Gasteiger partial charge in [-0.2, -0.15) is 0 Å². The minimum atomic E-state index is -0.132. The fraction of sp³-hybridized carbons (Fsp3) is 0.286. The molecule has 0 saturated carbocycles. The van der Waals surface area contributed by atoms with E-state index >= 15 is 0 Å². The van der Waals surface area contributed by atoms with Gasteiger partial charge in [0.15, 0.2) is 22.4 Å². The van der Waals surface area contributed by atoms with Crippen LogP contribution in [0.1, 0.15) is 22.8 Å². The van der Waals surface area contributed by atoms with Crippen molar-refractivity contribution in [3.63, 3.8) is 0 Å². The second-order valence-electron chi connectivity index (χ2n) is 9.50. The number of hydrogen-bond donors (Lipinski definition) is 0. The van der Waals surface area contributed by atoms with Crippen LogP contribution in [0.4, 0.5) is 0 Å². The van der Waals surface area contributed by atoms with Crippen LogP contribution in [0.5, 0.6) is 11.5 Å². The van der Waals surface area contributed by atoms with E-state index in [1.807, 2.05) is 53.6 Å². The predicted molar refractivity (Wildman–Crippen MR) is 144 cm³/mol. The SMILES string of the molecule is Cc1cccc(-n2c(SCC(=O)N3CCN(C(=O)c4ccc5c(c4)OCO5)C(C)C3)nnc2-c2ccco2)c1. The molecule has 6 rings (SSSR count). The number of nitrogens with zero attached hydrogens (tertiary/aromatic N) is 5. The number of aryl methyl sites for hydroxylation is 1. The van der Waals surface area contributed by atoms with Gasteiger partial charge in [-0.3, -0.25) is 14.2 Å². The molecule has 1 atom stereocenters. The Morgan fingerprint density at radius 2 is 1.90 bits per heavy atom. The van der Waals surface area contributed by atoms with Gasteiger partial charge in [0, 0.05) is 31.2 Å². The molecule has 10 nitrogen and oxygen atoms in total. The quantitative estimate of drug-likeness (QED) is 0.335. The highest BCUT2D eigenvalue weighted by atomic mass is 32.2. The van der Waals surface area contributed by atoms with Gasteiger partial charge in [-0.05, 0) is 61.9 Å². The molecule has 11 heteroatoms. The summed E-state index contributed by atoms with van der Waals surface area (Å²) in [7, 11) is 0. The Balaban J connectivity index is 1.13. The number of ether oxygens (including phenoxy) is 2. The molecule has 2 aliphatic heterocycles. The number of carbonyl (C=O) groups excluding carboxylic acids is 2. The Morgan fingerprint density at radius 1 is 1.03 bits per heavy atom. The summed E-state index contributed by atoms with van der Waals surface area (Å²) in [5.41, 5.74) is 2.54. The van der Waals surface area contributed by atoms with Crippen LogP contribution in [-0.2, 0) is 4.79 Å². The lowest BCUT2D eigenvalue weighted by molar-refractivity contribution is -0.130. The molecule has 1 fully saturated rings. The summed E-state index contributed by atoms with van der Waals surface area (Å²) >= 11 is 1.33. The number of fused-ring (bicyclic) bond motifs is 1. The number of aromatic nitrogens is 3. The van der Waals surface area contributed by atoms with Crippen LogP contribution in [0.15, 0.2) is 70.4 Å². The number of piperazine rings is 1. The van der Waals surface area contributed by atoms with Gasteiger partial charge in [-0.15, -0.1) is 10.2 Å². The van der Waals surface area contributed by atoms with E-state index in [1.165, 1.54) is 11.8 Å². The molecule has 4 aromatic rings. The molecular weight excluding hydrogens is 518 g/mol. The van der Waals surface area contributed by atoms with E-state index in [1.54, 1.807) is 35.4 Å². The van der Waals surface area contributed by atoms with Crippen molar-refractivity contribution in [1.29, 1.82) is 0 Å². The van der Waals surface area contributed by atoms with Crippen LogP contribution in [0.25, 0.3) is 17.3 Å². The number of thioether (sulfide) groups is 1. The third-order valence-corrected chi connectivity index (χ3v) is 7.73. The predicted octanol–water partition coefficient (Wildman–Crippen LogP) is 4.03. The summed E-state index contributed by atoms with van der Waals surface area (Å²) in [6, 6.07) is 16.7. The van der Waals surface area contributed by atoms with E-state index in [-0.39, 0.29) is 30.4 Å². The zero-order valence-electron chi connectivity index (χ0n) is 21.6. The van der Waals surface area contributed by atoms with Crippen molar-refractivity contribution in [3.05, 3.63) is 72.0 Å². The lowest BCUT2D eigenvalue weighted by Gasteiger charge is -2.40. The standard InChI is InChI=1S/C28H27N5O5S/c1-18-5-3-6-21(13-18)33-26(23-7-4-12-36-23)29-30-28(33)39-16-25(34)31-10-11-32(19(2)15-31)27(35)20-8-9-22-24(14-20)38-17-37-22/h3-9,12-14,19H,10-11,15-17H2,1-2H3. The minimum Gasteiger partial charge on any atom is -0.461 e. The fourth-order valence-corrected chi connectivity index (χ4v) is 5.68. The van der Waals surface area contributed by atoms with Crippen LogP contribution in [0.3, 0.4) is 0 Å². The third-order valence-electron chi connectivity index (χ3n) is 6.82. The van der Waals surface area contributed by atoms with Crippen LogP contribution < -0.4 is 9.47 Å². The lowest BCUT2D eigenvalue weighted by Crippen LogP contribution is -2.55. The number of benzene rings is 2. The van der Waals surface area contributed by atoms with Crippen molar-refractivity contribution in [2.45, 2.75) is 25.0 Å². The second-order valence-corrected chi connectivity index (χ2v) is 10.4. The van der Waals surface area contributed by atoms with Crippen molar-refractivity contribution in [3.8, 4) is 28.8 Å². The van der Waals surface area contributed by atoms with E-state index in [4.69, 9.17) is 13.9 Å².